The van der Waals surface area contributed by atoms with Gasteiger partial charge in [0, 0.05) is 25.2 Å². The third-order valence-corrected chi connectivity index (χ3v) is 3.47. The Labute approximate surface area is 132 Å². The molecule has 1 aliphatic heterocycles. The van der Waals surface area contributed by atoms with Crippen molar-refractivity contribution in [2.45, 2.75) is 33.2 Å². The quantitative estimate of drug-likeness (QED) is 0.761. The van der Waals surface area contributed by atoms with Gasteiger partial charge in [-0.1, -0.05) is 32.1 Å². The second-order valence-electron chi connectivity index (χ2n) is 6.15. The summed E-state index contributed by atoms with van der Waals surface area (Å²) in [5.41, 5.74) is 3.34. The molecule has 4 heteroatoms. The van der Waals surface area contributed by atoms with Gasteiger partial charge in [0.05, 0.1) is 13.2 Å². The first kappa shape index (κ1) is 16.7. The maximum absolute atomic E-state index is 11.8. The van der Waals surface area contributed by atoms with Crippen LogP contribution >= 0.6 is 0 Å². The maximum atomic E-state index is 11.8. The summed E-state index contributed by atoms with van der Waals surface area (Å²) in [6, 6.07) is 8.00. The number of rotatable bonds is 7. The molecule has 2 rings (SSSR count). The molecule has 1 aliphatic rings. The minimum absolute atomic E-state index is 0.0737. The van der Waals surface area contributed by atoms with E-state index in [1.807, 2.05) is 32.0 Å². The molecule has 4 nitrogen and oxygen atoms in total. The molecule has 0 saturated carbocycles. The molecule has 0 atom stereocenters. The molecule has 0 aromatic heterocycles. The van der Waals surface area contributed by atoms with Crippen LogP contribution in [0.4, 0.5) is 5.69 Å². The van der Waals surface area contributed by atoms with Crippen LogP contribution < -0.4 is 10.6 Å². The fraction of sp³-hybridized carbons (Fsp3) is 0.500. The summed E-state index contributed by atoms with van der Waals surface area (Å²) in [7, 11) is 0. The summed E-state index contributed by atoms with van der Waals surface area (Å²) in [5.74, 6) is 0.445. The van der Waals surface area contributed by atoms with Crippen molar-refractivity contribution in [1.29, 1.82) is 0 Å². The van der Waals surface area contributed by atoms with Crippen LogP contribution in [-0.2, 0) is 16.1 Å². The number of benzene rings is 1. The number of amides is 1. The number of hydrogen-bond donors (Lipinski definition) is 2. The topological polar surface area (TPSA) is 50.4 Å². The van der Waals surface area contributed by atoms with Crippen LogP contribution in [0.5, 0.6) is 0 Å². The molecule has 0 aliphatic carbocycles. The van der Waals surface area contributed by atoms with Gasteiger partial charge < -0.3 is 15.4 Å². The third kappa shape index (κ3) is 6.00. The van der Waals surface area contributed by atoms with Crippen LogP contribution in [-0.4, -0.2) is 25.7 Å². The van der Waals surface area contributed by atoms with Crippen LogP contribution in [0.1, 0.15) is 32.3 Å². The van der Waals surface area contributed by atoms with Gasteiger partial charge in [-0.3, -0.25) is 4.79 Å². The van der Waals surface area contributed by atoms with E-state index < -0.39 is 0 Å². The first-order valence-corrected chi connectivity index (χ1v) is 7.98. The molecule has 0 bridgehead atoms. The molecule has 0 radical (unpaired) electrons. The number of hydrogen-bond acceptors (Lipinski definition) is 3. The molecule has 0 unspecified atom stereocenters. The van der Waals surface area contributed by atoms with E-state index in [9.17, 15) is 4.79 Å². The Morgan fingerprint density at radius 3 is 2.91 bits per heavy atom. The minimum Gasteiger partial charge on any atom is -0.377 e. The monoisotopic (exact) mass is 302 g/mol. The Morgan fingerprint density at radius 1 is 1.32 bits per heavy atom. The van der Waals surface area contributed by atoms with Crippen molar-refractivity contribution >= 4 is 11.6 Å². The van der Waals surface area contributed by atoms with E-state index in [1.54, 1.807) is 0 Å². The summed E-state index contributed by atoms with van der Waals surface area (Å²) in [5, 5.41) is 6.38. The van der Waals surface area contributed by atoms with Crippen LogP contribution in [0.2, 0.25) is 0 Å². The highest BCUT2D eigenvalue weighted by Crippen LogP contribution is 2.12. The van der Waals surface area contributed by atoms with Gasteiger partial charge in [-0.25, -0.2) is 0 Å². The average molecular weight is 302 g/mol. The molecule has 0 spiro atoms. The zero-order valence-corrected chi connectivity index (χ0v) is 13.5. The Hall–Kier alpha value is -1.65. The lowest BCUT2D eigenvalue weighted by molar-refractivity contribution is -0.116. The van der Waals surface area contributed by atoms with Gasteiger partial charge in [-0.15, -0.1) is 0 Å². The zero-order chi connectivity index (χ0) is 15.8. The molecule has 1 aromatic rings. The fourth-order valence-corrected chi connectivity index (χ4v) is 2.44. The van der Waals surface area contributed by atoms with Crippen LogP contribution in [0.25, 0.3) is 0 Å². The number of nitrogens with one attached hydrogen (secondary N) is 2. The summed E-state index contributed by atoms with van der Waals surface area (Å²) in [4.78, 5) is 11.8. The van der Waals surface area contributed by atoms with Crippen molar-refractivity contribution in [2.75, 3.05) is 25.1 Å². The number of ether oxygens (including phenoxy) is 1. The minimum atomic E-state index is 0.0737. The Bertz CT molecular complexity index is 524. The SMILES string of the molecule is CC(C)CC(=O)Nc1cccc(CNCC2=CCCOC2)c1. The highest BCUT2D eigenvalue weighted by atomic mass is 16.5. The molecule has 1 aromatic carbocycles. The summed E-state index contributed by atoms with van der Waals surface area (Å²) in [6.07, 6.45) is 3.81. The standard InChI is InChI=1S/C18H26N2O2/c1-14(2)9-18(21)20-17-7-3-5-15(10-17)11-19-12-16-6-4-8-22-13-16/h3,5-7,10,14,19H,4,8-9,11-13H2,1-2H3,(H,20,21). The number of carbonyl (C=O) groups is 1. The van der Waals surface area contributed by atoms with E-state index in [-0.39, 0.29) is 5.91 Å². The van der Waals surface area contributed by atoms with Crippen molar-refractivity contribution in [2.24, 2.45) is 5.92 Å². The highest BCUT2D eigenvalue weighted by molar-refractivity contribution is 5.90. The van der Waals surface area contributed by atoms with E-state index in [2.05, 4.69) is 22.8 Å². The van der Waals surface area contributed by atoms with Crippen molar-refractivity contribution in [3.63, 3.8) is 0 Å². The second kappa shape index (κ2) is 8.71. The molecular formula is C18H26N2O2. The summed E-state index contributed by atoms with van der Waals surface area (Å²) < 4.78 is 5.42. The van der Waals surface area contributed by atoms with Gasteiger partial charge in [0.25, 0.3) is 0 Å². The molecule has 1 amide bonds. The lowest BCUT2D eigenvalue weighted by atomic mass is 10.1. The van der Waals surface area contributed by atoms with E-state index in [4.69, 9.17) is 4.74 Å². The van der Waals surface area contributed by atoms with Crippen LogP contribution in [0.15, 0.2) is 35.9 Å². The van der Waals surface area contributed by atoms with Crippen molar-refractivity contribution < 1.29 is 9.53 Å². The highest BCUT2D eigenvalue weighted by Gasteiger charge is 2.06. The first-order chi connectivity index (χ1) is 10.6. The largest absolute Gasteiger partial charge is 0.377 e. The number of carbonyl (C=O) groups excluding carboxylic acids is 1. The fourth-order valence-electron chi connectivity index (χ4n) is 2.44. The first-order valence-electron chi connectivity index (χ1n) is 7.98. The Balaban J connectivity index is 1.80. The van der Waals surface area contributed by atoms with Gasteiger partial charge in [0.15, 0.2) is 0 Å². The van der Waals surface area contributed by atoms with Crippen molar-refractivity contribution in [3.05, 3.63) is 41.5 Å². The summed E-state index contributed by atoms with van der Waals surface area (Å²) >= 11 is 0. The molecular weight excluding hydrogens is 276 g/mol. The molecule has 22 heavy (non-hydrogen) atoms. The summed E-state index contributed by atoms with van der Waals surface area (Å²) in [6.45, 7) is 7.29. The molecule has 0 saturated heterocycles. The van der Waals surface area contributed by atoms with Gasteiger partial charge in [0.2, 0.25) is 5.91 Å². The predicted octanol–water partition coefficient (Wildman–Crippen LogP) is 3.11. The van der Waals surface area contributed by atoms with Crippen LogP contribution in [0.3, 0.4) is 0 Å². The van der Waals surface area contributed by atoms with Gasteiger partial charge >= 0.3 is 0 Å². The average Bonchev–Trinajstić information content (AvgIpc) is 2.48. The van der Waals surface area contributed by atoms with Gasteiger partial charge in [-0.05, 0) is 35.6 Å². The van der Waals surface area contributed by atoms with E-state index >= 15 is 0 Å². The Kier molecular flexibility index (Phi) is 6.62. The normalized spacial score (nSPS) is 14.8. The Morgan fingerprint density at radius 2 is 2.18 bits per heavy atom. The molecule has 1 heterocycles. The lowest BCUT2D eigenvalue weighted by Gasteiger charge is -2.14. The number of anilines is 1. The van der Waals surface area contributed by atoms with Gasteiger partial charge in [-0.2, -0.15) is 0 Å². The lowest BCUT2D eigenvalue weighted by Crippen LogP contribution is -2.21. The van der Waals surface area contributed by atoms with Crippen LogP contribution in [0, 0.1) is 5.92 Å². The third-order valence-electron chi connectivity index (χ3n) is 3.47. The zero-order valence-electron chi connectivity index (χ0n) is 13.5. The smallest absolute Gasteiger partial charge is 0.224 e. The molecule has 120 valence electrons. The molecule has 0 fully saturated rings. The molecule has 2 N–H and O–H groups in total. The van der Waals surface area contributed by atoms with Crippen molar-refractivity contribution in [3.8, 4) is 0 Å². The second-order valence-corrected chi connectivity index (χ2v) is 6.15. The maximum Gasteiger partial charge on any atom is 0.224 e. The van der Waals surface area contributed by atoms with E-state index in [0.717, 1.165) is 38.4 Å². The van der Waals surface area contributed by atoms with E-state index in [1.165, 1.54) is 11.1 Å². The van der Waals surface area contributed by atoms with E-state index in [0.29, 0.717) is 12.3 Å². The van der Waals surface area contributed by atoms with Gasteiger partial charge in [0.1, 0.15) is 0 Å². The predicted molar refractivity (Wildman–Crippen MR) is 89.8 cm³/mol. The van der Waals surface area contributed by atoms with Crippen molar-refractivity contribution in [1.82, 2.24) is 5.32 Å².